The molecule has 10 heavy (non-hydrogen) atoms. The molecule has 4 heteroatoms. The van der Waals surface area contributed by atoms with Crippen LogP contribution >= 0.6 is 27.3 Å². The molecule has 0 aliphatic rings. The number of thiophene rings is 1. The number of methoxy groups -OCH3 is 1. The molecule has 0 saturated heterocycles. The van der Waals surface area contributed by atoms with Crippen LogP contribution in [0.3, 0.4) is 0 Å². The van der Waals surface area contributed by atoms with Crippen molar-refractivity contribution in [3.05, 3.63) is 20.7 Å². The summed E-state index contributed by atoms with van der Waals surface area (Å²) in [7, 11) is -2.84. The lowest BCUT2D eigenvalue weighted by Gasteiger charge is -1.93. The summed E-state index contributed by atoms with van der Waals surface area (Å²) in [6, 6.07) is -0.332. The van der Waals surface area contributed by atoms with Gasteiger partial charge in [0.25, 0.3) is 0 Å². The Hall–Kier alpha value is -0.350. The van der Waals surface area contributed by atoms with Gasteiger partial charge in [-0.25, -0.2) is 4.79 Å². The third kappa shape index (κ3) is 1.38. The van der Waals surface area contributed by atoms with Gasteiger partial charge in [-0.15, -0.1) is 11.3 Å². The van der Waals surface area contributed by atoms with Crippen molar-refractivity contribution < 1.29 is 16.4 Å². The lowest BCUT2D eigenvalue weighted by Crippen LogP contribution is -1.98. The van der Waals surface area contributed by atoms with Crippen molar-refractivity contribution in [1.29, 1.82) is 0 Å². The molecule has 0 unspecified atom stereocenters. The van der Waals surface area contributed by atoms with E-state index in [1.54, 1.807) is 0 Å². The van der Waals surface area contributed by atoms with Gasteiger partial charge in [0.05, 0.1) is 23.2 Å². The Kier molecular flexibility index (Phi) is 1.06. The molecule has 0 N–H and O–H groups in total. The summed E-state index contributed by atoms with van der Waals surface area (Å²) in [5.74, 6) is -1.12. The van der Waals surface area contributed by atoms with E-state index >= 15 is 0 Å². The van der Waals surface area contributed by atoms with Crippen LogP contribution in [0.5, 0.6) is 0 Å². The van der Waals surface area contributed by atoms with Crippen molar-refractivity contribution in [2.24, 2.45) is 0 Å². The van der Waals surface area contributed by atoms with Crippen molar-refractivity contribution in [3.63, 3.8) is 0 Å². The molecule has 0 bridgehead atoms. The van der Waals surface area contributed by atoms with Crippen LogP contribution < -0.4 is 0 Å². The summed E-state index contributed by atoms with van der Waals surface area (Å²) in [5, 5.41) is -0.126. The maximum absolute atomic E-state index is 11.3. The van der Waals surface area contributed by atoms with E-state index in [9.17, 15) is 4.79 Å². The Labute approximate surface area is 78.0 Å². The fourth-order valence-electron chi connectivity index (χ4n) is 0.404. The molecule has 54 valence electrons. The highest BCUT2D eigenvalue weighted by Crippen LogP contribution is 2.23. The van der Waals surface area contributed by atoms with E-state index in [1.165, 1.54) is 0 Å². The molecule has 0 amide bonds. The normalized spacial score (nSPS) is 17.9. The predicted octanol–water partition coefficient (Wildman–Crippen LogP) is 2.30. The number of halogens is 1. The topological polar surface area (TPSA) is 26.3 Å². The second kappa shape index (κ2) is 3.16. The minimum atomic E-state index is -2.84. The molecular weight excluding hydrogens is 216 g/mol. The largest absolute Gasteiger partial charge is 0.465 e. The van der Waals surface area contributed by atoms with Crippen molar-refractivity contribution in [2.75, 3.05) is 7.04 Å². The summed E-state index contributed by atoms with van der Waals surface area (Å²) in [6.45, 7) is 0. The first-order valence-electron chi connectivity index (χ1n) is 4.71. The predicted molar refractivity (Wildman–Crippen MR) is 43.4 cm³/mol. The molecule has 1 aromatic heterocycles. The minimum Gasteiger partial charge on any atom is -0.465 e. The van der Waals surface area contributed by atoms with Gasteiger partial charge < -0.3 is 4.74 Å². The molecule has 0 aliphatic carbocycles. The van der Waals surface area contributed by atoms with Crippen LogP contribution in [0.15, 0.2) is 15.2 Å². The van der Waals surface area contributed by atoms with Gasteiger partial charge in [-0.05, 0) is 27.3 Å². The molecule has 0 fully saturated rings. The maximum Gasteiger partial charge on any atom is 0.339 e. The number of hydrogen-bond donors (Lipinski definition) is 0. The Bertz CT molecular complexity index is 399. The van der Waals surface area contributed by atoms with E-state index in [4.69, 9.17) is 6.85 Å². The third-order valence-corrected chi connectivity index (χ3v) is 2.28. The molecule has 0 aromatic carbocycles. The standard InChI is InChI=1S/C6H5BrO2S/c1-9-6(8)4-2-3-10-5(4)7/h2-3H,1H3/i1D3,2D,3D. The van der Waals surface area contributed by atoms with E-state index in [0.29, 0.717) is 0 Å². The molecular formula is C6H5BrO2S. The van der Waals surface area contributed by atoms with Crippen LogP contribution in [0.2, 0.25) is 0 Å². The summed E-state index contributed by atoms with van der Waals surface area (Å²) >= 11 is 3.83. The van der Waals surface area contributed by atoms with Gasteiger partial charge in [-0.1, -0.05) is 0 Å². The highest BCUT2D eigenvalue weighted by molar-refractivity contribution is 9.11. The van der Waals surface area contributed by atoms with Crippen LogP contribution in [0.4, 0.5) is 0 Å². The SMILES string of the molecule is [2H]c1sc(Br)c(C(=O)OC([2H])([2H])[2H])c1[2H]. The Morgan fingerprint density at radius 3 is 3.40 bits per heavy atom. The van der Waals surface area contributed by atoms with Crippen LogP contribution in [0, 0.1) is 0 Å². The molecule has 0 spiro atoms. The van der Waals surface area contributed by atoms with Gasteiger partial charge in [0.1, 0.15) is 0 Å². The number of carbonyl (C=O) groups excluding carboxylic acids is 1. The van der Waals surface area contributed by atoms with Crippen molar-refractivity contribution in [1.82, 2.24) is 0 Å². The van der Waals surface area contributed by atoms with Gasteiger partial charge in [-0.3, -0.25) is 0 Å². The molecule has 1 rings (SSSR count). The molecule has 0 aliphatic heterocycles. The first-order valence-corrected chi connectivity index (χ1v) is 3.82. The van der Waals surface area contributed by atoms with Crippen molar-refractivity contribution in [3.8, 4) is 0 Å². The van der Waals surface area contributed by atoms with E-state index in [0.717, 1.165) is 11.3 Å². The Balaban J connectivity index is 3.02. The summed E-state index contributed by atoms with van der Waals surface area (Å²) in [6.07, 6.45) is 0. The summed E-state index contributed by atoms with van der Waals surface area (Å²) in [5.41, 5.74) is -0.221. The quantitative estimate of drug-likeness (QED) is 0.687. The van der Waals surface area contributed by atoms with E-state index in [2.05, 4.69) is 20.7 Å². The molecule has 0 saturated carbocycles. The van der Waals surface area contributed by atoms with Gasteiger partial charge in [-0.2, -0.15) is 0 Å². The molecule has 2 nitrogen and oxygen atoms in total. The maximum atomic E-state index is 11.3. The number of ether oxygens (including phenoxy) is 1. The second-order valence-electron chi connectivity index (χ2n) is 1.37. The van der Waals surface area contributed by atoms with Crippen LogP contribution in [-0.2, 0) is 4.74 Å². The van der Waals surface area contributed by atoms with Crippen LogP contribution in [-0.4, -0.2) is 13.0 Å². The van der Waals surface area contributed by atoms with Gasteiger partial charge in [0, 0.05) is 0 Å². The first kappa shape index (κ1) is 3.36. The van der Waals surface area contributed by atoms with E-state index in [-0.39, 0.29) is 20.7 Å². The van der Waals surface area contributed by atoms with Crippen molar-refractivity contribution in [2.45, 2.75) is 0 Å². The zero-order chi connectivity index (χ0) is 11.8. The first-order chi connectivity index (χ1) is 6.72. The fraction of sp³-hybridized carbons (Fsp3) is 0.167. The number of rotatable bonds is 1. The van der Waals surface area contributed by atoms with E-state index < -0.39 is 13.0 Å². The highest BCUT2D eigenvalue weighted by Gasteiger charge is 2.09. The summed E-state index contributed by atoms with van der Waals surface area (Å²) < 4.78 is 39.2. The van der Waals surface area contributed by atoms with Gasteiger partial charge in [0.15, 0.2) is 0 Å². The zero-order valence-corrected chi connectivity index (χ0v) is 7.01. The average Bonchev–Trinajstić information content (AvgIpc) is 2.22. The summed E-state index contributed by atoms with van der Waals surface area (Å²) in [4.78, 5) is 11.3. The van der Waals surface area contributed by atoms with Crippen LogP contribution in [0.25, 0.3) is 0 Å². The van der Waals surface area contributed by atoms with Crippen molar-refractivity contribution >= 4 is 33.2 Å². The van der Waals surface area contributed by atoms with E-state index in [1.807, 2.05) is 0 Å². The Morgan fingerprint density at radius 1 is 2.10 bits per heavy atom. The Morgan fingerprint density at radius 2 is 2.90 bits per heavy atom. The monoisotopic (exact) mass is 225 g/mol. The molecule has 1 heterocycles. The third-order valence-electron chi connectivity index (χ3n) is 0.810. The smallest absolute Gasteiger partial charge is 0.339 e. The molecule has 1 aromatic rings. The number of hydrogen-bond acceptors (Lipinski definition) is 3. The zero-order valence-electron chi connectivity index (χ0n) is 9.60. The minimum absolute atomic E-state index is 0.126. The molecule has 0 atom stereocenters. The fourth-order valence-corrected chi connectivity index (χ4v) is 1.39. The lowest BCUT2D eigenvalue weighted by molar-refractivity contribution is 0.0600. The molecule has 0 radical (unpaired) electrons. The number of esters is 1. The van der Waals surface area contributed by atoms with Gasteiger partial charge in [0.2, 0.25) is 0 Å². The average molecular weight is 226 g/mol. The lowest BCUT2D eigenvalue weighted by atomic mass is 10.4. The van der Waals surface area contributed by atoms with Gasteiger partial charge >= 0.3 is 5.97 Å². The second-order valence-corrected chi connectivity index (χ2v) is 3.50. The number of carbonyl (C=O) groups is 1. The highest BCUT2D eigenvalue weighted by atomic mass is 79.9. The van der Waals surface area contributed by atoms with Crippen LogP contribution in [0.1, 0.15) is 17.2 Å².